The number of nitrogens with one attached hydrogen (secondary N) is 1. The average molecular weight is 468 g/mol. The Bertz CT molecular complexity index is 1040. The molecule has 174 valence electrons. The van der Waals surface area contributed by atoms with Gasteiger partial charge in [0.05, 0.1) is 29.8 Å². The highest BCUT2D eigenvalue weighted by Gasteiger charge is 2.41. The first kappa shape index (κ1) is 23.3. The quantitative estimate of drug-likeness (QED) is 0.460. The highest BCUT2D eigenvalue weighted by Crippen LogP contribution is 2.44. The lowest BCUT2D eigenvalue weighted by molar-refractivity contribution is -0.138. The number of fused-ring (bicyclic) bond motifs is 1. The topological polar surface area (TPSA) is 80.2 Å². The van der Waals surface area contributed by atoms with Gasteiger partial charge in [-0.15, -0.1) is 0 Å². The number of aryl methyl sites for hydroxylation is 1. The molecule has 0 radical (unpaired) electrons. The first-order valence-corrected chi connectivity index (χ1v) is 12.0. The Hall–Kier alpha value is -2.84. The number of allylic oxidation sites excluding steroid dienone is 1. The fourth-order valence-electron chi connectivity index (χ4n) is 4.26. The Morgan fingerprint density at radius 1 is 1.39 bits per heavy atom. The van der Waals surface area contributed by atoms with E-state index in [9.17, 15) is 9.59 Å². The zero-order chi connectivity index (χ0) is 23.4. The van der Waals surface area contributed by atoms with Gasteiger partial charge in [0.2, 0.25) is 5.91 Å². The molecule has 2 atom stereocenters. The predicted molar refractivity (Wildman–Crippen MR) is 129 cm³/mol. The molecule has 0 unspecified atom stereocenters. The van der Waals surface area contributed by atoms with Crippen LogP contribution in [-0.2, 0) is 19.1 Å². The maximum absolute atomic E-state index is 13.1. The molecule has 3 aliphatic rings. The minimum Gasteiger partial charge on any atom is -0.458 e. The van der Waals surface area contributed by atoms with E-state index in [1.54, 1.807) is 6.08 Å². The van der Waals surface area contributed by atoms with Gasteiger partial charge in [-0.3, -0.25) is 4.79 Å². The summed E-state index contributed by atoms with van der Waals surface area (Å²) in [5.41, 5.74) is 3.92. The molecule has 1 amide bonds. The first-order valence-electron chi connectivity index (χ1n) is 11.1. The van der Waals surface area contributed by atoms with E-state index in [1.165, 1.54) is 11.8 Å². The summed E-state index contributed by atoms with van der Waals surface area (Å²) in [7, 11) is 0. The van der Waals surface area contributed by atoms with Crippen LogP contribution in [-0.4, -0.2) is 47.8 Å². The van der Waals surface area contributed by atoms with E-state index in [2.05, 4.69) is 23.0 Å². The van der Waals surface area contributed by atoms with E-state index >= 15 is 0 Å². The van der Waals surface area contributed by atoms with E-state index < -0.39 is 12.0 Å². The van der Waals surface area contributed by atoms with Crippen molar-refractivity contribution >= 4 is 28.8 Å². The van der Waals surface area contributed by atoms with Crippen molar-refractivity contribution in [3.8, 4) is 0 Å². The molecule has 1 fully saturated rings. The molecule has 7 nitrogen and oxygen atoms in total. The number of aliphatic imine (C=N–C) groups is 1. The monoisotopic (exact) mass is 467 g/mol. The summed E-state index contributed by atoms with van der Waals surface area (Å²) in [6, 6.07) is 7.61. The van der Waals surface area contributed by atoms with Gasteiger partial charge in [-0.25, -0.2) is 9.79 Å². The Morgan fingerprint density at radius 3 is 2.97 bits per heavy atom. The Kier molecular flexibility index (Phi) is 7.35. The minimum atomic E-state index is -0.430. The van der Waals surface area contributed by atoms with Crippen LogP contribution < -0.4 is 5.32 Å². The Morgan fingerprint density at radius 2 is 2.24 bits per heavy atom. The molecule has 8 heteroatoms. The van der Waals surface area contributed by atoms with Crippen LogP contribution in [0.2, 0.25) is 0 Å². The highest BCUT2D eigenvalue weighted by atomic mass is 32.2. The molecular weight excluding hydrogens is 438 g/mol. The van der Waals surface area contributed by atoms with Crippen molar-refractivity contribution in [3.63, 3.8) is 0 Å². The molecule has 4 rings (SSSR count). The summed E-state index contributed by atoms with van der Waals surface area (Å²) < 4.78 is 11.0. The third-order valence-electron chi connectivity index (χ3n) is 5.80. The van der Waals surface area contributed by atoms with E-state index in [1.807, 2.05) is 42.4 Å². The molecule has 1 aromatic rings. The molecule has 1 saturated heterocycles. The summed E-state index contributed by atoms with van der Waals surface area (Å²) in [6.07, 6.45) is 3.82. The number of amidine groups is 1. The van der Waals surface area contributed by atoms with Crippen molar-refractivity contribution in [2.24, 2.45) is 4.99 Å². The van der Waals surface area contributed by atoms with Gasteiger partial charge in [0.25, 0.3) is 0 Å². The van der Waals surface area contributed by atoms with Gasteiger partial charge < -0.3 is 19.7 Å². The smallest absolute Gasteiger partial charge is 0.338 e. The number of hydrogen-bond acceptors (Lipinski definition) is 7. The van der Waals surface area contributed by atoms with Crippen molar-refractivity contribution < 1.29 is 19.1 Å². The maximum Gasteiger partial charge on any atom is 0.338 e. The number of carbonyl (C=O) groups is 2. The third-order valence-corrected chi connectivity index (χ3v) is 6.69. The van der Waals surface area contributed by atoms with Crippen molar-refractivity contribution in [1.29, 1.82) is 0 Å². The van der Waals surface area contributed by atoms with E-state index in [0.717, 1.165) is 41.4 Å². The fourth-order valence-corrected chi connectivity index (χ4v) is 5.22. The number of ether oxygens (including phenoxy) is 2. The lowest BCUT2D eigenvalue weighted by Gasteiger charge is -2.36. The highest BCUT2D eigenvalue weighted by molar-refractivity contribution is 8.16. The van der Waals surface area contributed by atoms with Gasteiger partial charge in [-0.1, -0.05) is 54.2 Å². The molecule has 3 heterocycles. The van der Waals surface area contributed by atoms with Crippen molar-refractivity contribution in [2.75, 3.05) is 19.8 Å². The number of thioether (sulfide) groups is 1. The Labute approximate surface area is 198 Å². The molecule has 0 aromatic heterocycles. The second-order valence-electron chi connectivity index (χ2n) is 8.31. The number of carbonyl (C=O) groups excluding carboxylic acids is 2. The Balaban J connectivity index is 1.60. The molecule has 33 heavy (non-hydrogen) atoms. The first-order chi connectivity index (χ1) is 16.0. The third kappa shape index (κ3) is 5.23. The van der Waals surface area contributed by atoms with Crippen molar-refractivity contribution in [2.45, 2.75) is 45.3 Å². The molecule has 0 aliphatic carbocycles. The number of nitrogens with zero attached hydrogens (tertiary/aromatic N) is 2. The average Bonchev–Trinajstić information content (AvgIpc) is 3.45. The summed E-state index contributed by atoms with van der Waals surface area (Å²) in [6.45, 7) is 8.86. The normalized spacial score (nSPS) is 21.9. The van der Waals surface area contributed by atoms with Crippen LogP contribution in [0.25, 0.3) is 0 Å². The van der Waals surface area contributed by atoms with Gasteiger partial charge in [0.1, 0.15) is 6.61 Å². The van der Waals surface area contributed by atoms with E-state index in [0.29, 0.717) is 17.8 Å². The molecule has 3 aliphatic heterocycles. The standard InChI is InChI=1S/C25H29N3O4S/c1-4-10-32-24(30)22-17(3)27-25-28(23(22)18-8-5-7-16(2)12-18)19(15-33-25)13-21(29)26-14-20-9-6-11-31-20/h4-5,7-8,12,15,20,23H,1,6,9-11,13-14H2,2-3H3,(H,26,29)/t20-,23+/m1/s1. The van der Waals surface area contributed by atoms with E-state index in [-0.39, 0.29) is 25.0 Å². The van der Waals surface area contributed by atoms with Gasteiger partial charge >= 0.3 is 5.97 Å². The van der Waals surface area contributed by atoms with Gasteiger partial charge in [0, 0.05) is 18.8 Å². The second-order valence-corrected chi connectivity index (χ2v) is 9.15. The van der Waals surface area contributed by atoms with Crippen LogP contribution >= 0.6 is 11.8 Å². The van der Waals surface area contributed by atoms with E-state index in [4.69, 9.17) is 9.47 Å². The summed E-state index contributed by atoms with van der Waals surface area (Å²) in [5.74, 6) is -0.510. The fraction of sp³-hybridized carbons (Fsp3) is 0.400. The number of hydrogen-bond donors (Lipinski definition) is 1. The predicted octanol–water partition coefficient (Wildman–Crippen LogP) is 3.98. The van der Waals surface area contributed by atoms with Crippen LogP contribution in [0.4, 0.5) is 0 Å². The van der Waals surface area contributed by atoms with Crippen molar-refractivity contribution in [3.05, 3.63) is 70.4 Å². The molecular formula is C25H29N3O4S. The number of benzene rings is 1. The SMILES string of the molecule is C=CCOC(=O)C1=C(C)N=C2SC=C(CC(=O)NC[C@H]3CCCO3)N2[C@H]1c1cccc(C)c1. The van der Waals surface area contributed by atoms with Crippen LogP contribution in [0.15, 0.2) is 64.3 Å². The molecule has 0 saturated carbocycles. The maximum atomic E-state index is 13.1. The lowest BCUT2D eigenvalue weighted by atomic mass is 9.93. The van der Waals surface area contributed by atoms with Gasteiger partial charge in [0.15, 0.2) is 5.17 Å². The second kappa shape index (κ2) is 10.4. The van der Waals surface area contributed by atoms with Crippen LogP contribution in [0.3, 0.4) is 0 Å². The number of esters is 1. The van der Waals surface area contributed by atoms with Gasteiger partial charge in [-0.2, -0.15) is 0 Å². The largest absolute Gasteiger partial charge is 0.458 e. The van der Waals surface area contributed by atoms with Crippen LogP contribution in [0, 0.1) is 6.92 Å². The van der Waals surface area contributed by atoms with Crippen LogP contribution in [0.5, 0.6) is 0 Å². The number of amides is 1. The summed E-state index contributed by atoms with van der Waals surface area (Å²) in [4.78, 5) is 32.5. The molecule has 1 N–H and O–H groups in total. The van der Waals surface area contributed by atoms with Gasteiger partial charge in [-0.05, 0) is 37.7 Å². The van der Waals surface area contributed by atoms with Crippen molar-refractivity contribution in [1.82, 2.24) is 10.2 Å². The molecule has 1 aromatic carbocycles. The zero-order valence-electron chi connectivity index (χ0n) is 19.0. The lowest BCUT2D eigenvalue weighted by Crippen LogP contribution is -2.38. The minimum absolute atomic E-state index is 0.0800. The summed E-state index contributed by atoms with van der Waals surface area (Å²) >= 11 is 1.46. The molecule has 0 bridgehead atoms. The zero-order valence-corrected chi connectivity index (χ0v) is 19.8. The number of rotatable bonds is 8. The molecule has 0 spiro atoms. The summed E-state index contributed by atoms with van der Waals surface area (Å²) in [5, 5.41) is 5.68. The van der Waals surface area contributed by atoms with Crippen LogP contribution in [0.1, 0.15) is 43.4 Å².